The van der Waals surface area contributed by atoms with E-state index in [2.05, 4.69) is 57.3 Å². The van der Waals surface area contributed by atoms with Crippen LogP contribution < -0.4 is 5.32 Å². The Kier molecular flexibility index (Phi) is 7.09. The fraction of sp³-hybridized carbons (Fsp3) is 0.368. The minimum absolute atomic E-state index is 0.148. The topological polar surface area (TPSA) is 72.7 Å². The molecule has 0 radical (unpaired) electrons. The number of nitrogens with one attached hydrogen (secondary N) is 1. The van der Waals surface area contributed by atoms with E-state index in [0.717, 1.165) is 29.5 Å². The zero-order valence-electron chi connectivity index (χ0n) is 16.0. The van der Waals surface area contributed by atoms with Gasteiger partial charge in [-0.25, -0.2) is 4.98 Å². The van der Waals surface area contributed by atoms with E-state index >= 15 is 0 Å². The van der Waals surface area contributed by atoms with Crippen LogP contribution in [-0.2, 0) is 11.3 Å². The lowest BCUT2D eigenvalue weighted by Gasteiger charge is -2.08. The van der Waals surface area contributed by atoms with Crippen LogP contribution in [0.25, 0.3) is 11.4 Å². The van der Waals surface area contributed by atoms with Crippen molar-refractivity contribution in [3.05, 3.63) is 39.7 Å². The van der Waals surface area contributed by atoms with Gasteiger partial charge in [-0.15, -0.1) is 21.5 Å². The van der Waals surface area contributed by atoms with Gasteiger partial charge in [-0.2, -0.15) is 0 Å². The summed E-state index contributed by atoms with van der Waals surface area (Å²) in [4.78, 5) is 17.6. The number of hydrogen-bond donors (Lipinski definition) is 1. The molecule has 0 aliphatic heterocycles. The summed E-state index contributed by atoms with van der Waals surface area (Å²) < 4.78 is 2.09. The Morgan fingerprint density at radius 2 is 2.18 bits per heavy atom. The second kappa shape index (κ2) is 9.54. The molecule has 0 saturated carbocycles. The largest absolute Gasteiger partial charge is 0.310 e. The van der Waals surface area contributed by atoms with Crippen LogP contribution in [0.5, 0.6) is 0 Å². The molecule has 0 spiro atoms. The first-order valence-corrected chi connectivity index (χ1v) is 11.3. The number of thiophene rings is 1. The van der Waals surface area contributed by atoms with Gasteiger partial charge in [0.25, 0.3) is 0 Å². The Labute approximate surface area is 177 Å². The molecule has 1 N–H and O–H groups in total. The van der Waals surface area contributed by atoms with Crippen molar-refractivity contribution in [2.45, 2.75) is 44.8 Å². The molecule has 0 aliphatic carbocycles. The summed E-state index contributed by atoms with van der Waals surface area (Å²) in [6.07, 6.45) is 2.46. The number of amides is 1. The summed E-state index contributed by atoms with van der Waals surface area (Å²) in [5, 5.41) is 14.9. The summed E-state index contributed by atoms with van der Waals surface area (Å²) in [5.74, 6) is 1.90. The molecule has 6 nitrogen and oxygen atoms in total. The second-order valence-corrected chi connectivity index (χ2v) is 8.87. The lowest BCUT2D eigenvalue weighted by atomic mass is 10.1. The maximum Gasteiger partial charge on any atom is 0.236 e. The Bertz CT molecular complexity index is 936. The molecule has 3 aromatic rings. The molecular weight excluding hydrogens is 414 g/mol. The number of anilines is 1. The van der Waals surface area contributed by atoms with E-state index in [1.165, 1.54) is 22.8 Å². The Balaban J connectivity index is 1.70. The van der Waals surface area contributed by atoms with Crippen LogP contribution in [0.3, 0.4) is 0 Å². The number of nitrogens with zero attached hydrogens (tertiary/aromatic N) is 4. The molecule has 1 amide bonds. The van der Waals surface area contributed by atoms with Crippen molar-refractivity contribution < 1.29 is 4.79 Å². The second-order valence-electron chi connectivity index (χ2n) is 6.55. The van der Waals surface area contributed by atoms with E-state index < -0.39 is 0 Å². The molecule has 0 fully saturated rings. The van der Waals surface area contributed by atoms with E-state index in [-0.39, 0.29) is 11.7 Å². The first-order chi connectivity index (χ1) is 13.5. The van der Waals surface area contributed by atoms with Crippen LogP contribution in [0, 0.1) is 0 Å². The summed E-state index contributed by atoms with van der Waals surface area (Å²) >= 11 is 8.93. The van der Waals surface area contributed by atoms with Crippen molar-refractivity contribution >= 4 is 46.4 Å². The lowest BCUT2D eigenvalue weighted by molar-refractivity contribution is -0.113. The van der Waals surface area contributed by atoms with Crippen LogP contribution in [0.4, 0.5) is 5.82 Å². The third-order valence-corrected chi connectivity index (χ3v) is 6.36. The number of thioether (sulfide) groups is 1. The first kappa shape index (κ1) is 20.8. The molecule has 0 saturated heterocycles. The van der Waals surface area contributed by atoms with Gasteiger partial charge in [0, 0.05) is 28.6 Å². The van der Waals surface area contributed by atoms with Gasteiger partial charge in [-0.05, 0) is 30.5 Å². The summed E-state index contributed by atoms with van der Waals surface area (Å²) in [6.45, 7) is 7.28. The number of pyridine rings is 1. The number of carbonyl (C=O) groups excluding carboxylic acids is 1. The highest BCUT2D eigenvalue weighted by Crippen LogP contribution is 2.31. The van der Waals surface area contributed by atoms with Gasteiger partial charge in [-0.1, -0.05) is 44.1 Å². The van der Waals surface area contributed by atoms with Gasteiger partial charge in [0.05, 0.1) is 10.8 Å². The van der Waals surface area contributed by atoms with Crippen molar-refractivity contribution in [3.63, 3.8) is 0 Å². The third-order valence-electron chi connectivity index (χ3n) is 3.94. The van der Waals surface area contributed by atoms with E-state index in [1.807, 2.05) is 0 Å². The highest BCUT2D eigenvalue weighted by Gasteiger charge is 2.17. The fourth-order valence-corrected chi connectivity index (χ4v) is 4.35. The number of hydrogen-bond acceptors (Lipinski definition) is 6. The van der Waals surface area contributed by atoms with Crippen LogP contribution in [-0.4, -0.2) is 31.4 Å². The molecule has 9 heteroatoms. The molecule has 0 unspecified atom stereocenters. The minimum Gasteiger partial charge on any atom is -0.310 e. The molecule has 148 valence electrons. The van der Waals surface area contributed by atoms with Gasteiger partial charge in [0.1, 0.15) is 5.82 Å². The predicted molar refractivity (Wildman–Crippen MR) is 116 cm³/mol. The summed E-state index contributed by atoms with van der Waals surface area (Å²) in [5.41, 5.74) is 1.08. The summed E-state index contributed by atoms with van der Waals surface area (Å²) in [6, 6.07) is 5.54. The van der Waals surface area contributed by atoms with E-state index in [4.69, 9.17) is 11.6 Å². The number of aromatic nitrogens is 4. The van der Waals surface area contributed by atoms with Crippen LogP contribution in [0.1, 0.15) is 38.0 Å². The maximum absolute atomic E-state index is 12.2. The number of rotatable bonds is 8. The molecule has 3 heterocycles. The quantitative estimate of drug-likeness (QED) is 0.485. The molecule has 28 heavy (non-hydrogen) atoms. The normalized spacial score (nSPS) is 11.2. The minimum atomic E-state index is -0.148. The van der Waals surface area contributed by atoms with Gasteiger partial charge in [0.2, 0.25) is 5.91 Å². The van der Waals surface area contributed by atoms with Crippen molar-refractivity contribution in [2.24, 2.45) is 0 Å². The Hall–Kier alpha value is -1.90. The Morgan fingerprint density at radius 3 is 2.82 bits per heavy atom. The molecule has 0 atom stereocenters. The zero-order valence-corrected chi connectivity index (χ0v) is 18.4. The SMILES string of the molecule is CCCn1c(SCC(=O)Nc2ccc(Cl)cn2)nnc1-c1csc(C(C)C)c1. The van der Waals surface area contributed by atoms with Crippen LogP contribution in [0.2, 0.25) is 5.02 Å². The lowest BCUT2D eigenvalue weighted by Crippen LogP contribution is -2.15. The van der Waals surface area contributed by atoms with Crippen LogP contribution >= 0.6 is 34.7 Å². The van der Waals surface area contributed by atoms with Crippen molar-refractivity contribution in [3.8, 4) is 11.4 Å². The molecule has 0 bridgehead atoms. The van der Waals surface area contributed by atoms with E-state index in [0.29, 0.717) is 16.8 Å². The highest BCUT2D eigenvalue weighted by molar-refractivity contribution is 7.99. The molecule has 0 aliphatic rings. The molecule has 0 aromatic carbocycles. The third kappa shape index (κ3) is 5.12. The smallest absolute Gasteiger partial charge is 0.236 e. The average molecular weight is 436 g/mol. The van der Waals surface area contributed by atoms with E-state index in [1.54, 1.807) is 23.5 Å². The van der Waals surface area contributed by atoms with Gasteiger partial charge >= 0.3 is 0 Å². The standard InChI is InChI=1S/C19H22ClN5OS2/c1-4-7-25-18(13-8-15(12(2)3)27-10-13)23-24-19(25)28-11-17(26)22-16-6-5-14(20)9-21-16/h5-6,8-10,12H,4,7,11H2,1-3H3,(H,21,22,26). The number of carbonyl (C=O) groups is 1. The average Bonchev–Trinajstić information content (AvgIpc) is 3.29. The zero-order chi connectivity index (χ0) is 20.1. The molecular formula is C19H22ClN5OS2. The van der Waals surface area contributed by atoms with Crippen molar-refractivity contribution in [2.75, 3.05) is 11.1 Å². The highest BCUT2D eigenvalue weighted by atomic mass is 35.5. The fourth-order valence-electron chi connectivity index (χ4n) is 2.57. The Morgan fingerprint density at radius 1 is 1.36 bits per heavy atom. The summed E-state index contributed by atoms with van der Waals surface area (Å²) in [7, 11) is 0. The number of halogens is 1. The van der Waals surface area contributed by atoms with Crippen LogP contribution in [0.15, 0.2) is 34.9 Å². The van der Waals surface area contributed by atoms with Gasteiger partial charge in [-0.3, -0.25) is 4.79 Å². The molecule has 3 rings (SSSR count). The van der Waals surface area contributed by atoms with Crippen molar-refractivity contribution in [1.82, 2.24) is 19.7 Å². The predicted octanol–water partition coefficient (Wildman–Crippen LogP) is 5.32. The monoisotopic (exact) mass is 435 g/mol. The van der Waals surface area contributed by atoms with Gasteiger partial charge in [0.15, 0.2) is 11.0 Å². The van der Waals surface area contributed by atoms with Crippen molar-refractivity contribution in [1.29, 1.82) is 0 Å². The van der Waals surface area contributed by atoms with E-state index in [9.17, 15) is 4.79 Å². The first-order valence-electron chi connectivity index (χ1n) is 9.04. The van der Waals surface area contributed by atoms with Gasteiger partial charge < -0.3 is 9.88 Å². The molecule has 3 aromatic heterocycles. The maximum atomic E-state index is 12.2.